The fraction of sp³-hybridized carbons (Fsp3) is 0.0769. The van der Waals surface area contributed by atoms with Crippen molar-refractivity contribution in [1.82, 2.24) is 4.98 Å². The summed E-state index contributed by atoms with van der Waals surface area (Å²) in [5, 5.41) is 2.25. The molecule has 0 atom stereocenters. The number of fused-ring (bicyclic) bond motifs is 3. The summed E-state index contributed by atoms with van der Waals surface area (Å²) < 4.78 is 6.18. The highest BCUT2D eigenvalue weighted by molar-refractivity contribution is 6.10. The van der Waals surface area contributed by atoms with E-state index in [0.717, 1.165) is 49.8 Å². The molecule has 1 aliphatic rings. The smallest absolute Gasteiger partial charge is 0.258 e. The second-order valence-electron chi connectivity index (χ2n) is 7.71. The third-order valence-corrected chi connectivity index (χ3v) is 5.81. The van der Waals surface area contributed by atoms with Gasteiger partial charge in [-0.15, -0.1) is 0 Å². The number of aromatic nitrogens is 1. The van der Waals surface area contributed by atoms with Gasteiger partial charge in [-0.05, 0) is 53.1 Å². The Morgan fingerprint density at radius 3 is 2.57 bits per heavy atom. The number of nitrogens with zero attached hydrogens (tertiary/aromatic N) is 2. The molecule has 0 saturated carbocycles. The zero-order chi connectivity index (χ0) is 20.2. The second-order valence-corrected chi connectivity index (χ2v) is 7.71. The number of hydrogen-bond acceptors (Lipinski definition) is 3. The highest BCUT2D eigenvalue weighted by Gasteiger charge is 2.28. The molecule has 1 aliphatic heterocycles. The van der Waals surface area contributed by atoms with Gasteiger partial charge in [0.2, 0.25) is 5.89 Å². The Labute approximate surface area is 173 Å². The lowest BCUT2D eigenvalue weighted by Crippen LogP contribution is -2.23. The van der Waals surface area contributed by atoms with E-state index in [1.54, 1.807) is 0 Å². The normalized spacial score (nSPS) is 13.4. The monoisotopic (exact) mass is 390 g/mol. The van der Waals surface area contributed by atoms with E-state index in [1.165, 1.54) is 0 Å². The summed E-state index contributed by atoms with van der Waals surface area (Å²) in [6.07, 6.45) is 0. The Balaban J connectivity index is 1.47. The SMILES string of the molecule is Cc1cc(N2Cc3ccccc3C2=O)cc2nc(-c3cccc4ccccc34)oc12. The maximum Gasteiger partial charge on any atom is 0.258 e. The zero-order valence-electron chi connectivity index (χ0n) is 16.4. The minimum absolute atomic E-state index is 0.0297. The van der Waals surface area contributed by atoms with E-state index in [9.17, 15) is 4.79 Å². The lowest BCUT2D eigenvalue weighted by Gasteiger charge is -2.16. The number of oxazole rings is 1. The van der Waals surface area contributed by atoms with Gasteiger partial charge in [0, 0.05) is 16.8 Å². The maximum atomic E-state index is 12.9. The third-order valence-electron chi connectivity index (χ3n) is 5.81. The molecule has 4 aromatic carbocycles. The number of anilines is 1. The summed E-state index contributed by atoms with van der Waals surface area (Å²) in [6.45, 7) is 2.57. The summed E-state index contributed by atoms with van der Waals surface area (Å²) in [4.78, 5) is 19.5. The van der Waals surface area contributed by atoms with Crippen LogP contribution in [0.15, 0.2) is 83.3 Å². The van der Waals surface area contributed by atoms with Gasteiger partial charge in [-0.25, -0.2) is 4.98 Å². The van der Waals surface area contributed by atoms with Gasteiger partial charge in [-0.3, -0.25) is 4.79 Å². The van der Waals surface area contributed by atoms with Crippen LogP contribution >= 0.6 is 0 Å². The van der Waals surface area contributed by atoms with Crippen LogP contribution in [0.4, 0.5) is 5.69 Å². The fourth-order valence-electron chi connectivity index (χ4n) is 4.33. The molecule has 1 aromatic heterocycles. The van der Waals surface area contributed by atoms with Crippen molar-refractivity contribution in [2.45, 2.75) is 13.5 Å². The van der Waals surface area contributed by atoms with Crippen LogP contribution in [0.25, 0.3) is 33.3 Å². The quantitative estimate of drug-likeness (QED) is 0.365. The van der Waals surface area contributed by atoms with E-state index < -0.39 is 0 Å². The molecule has 0 unspecified atom stereocenters. The van der Waals surface area contributed by atoms with E-state index in [4.69, 9.17) is 9.40 Å². The predicted octanol–water partition coefficient (Wildman–Crippen LogP) is 6.12. The lowest BCUT2D eigenvalue weighted by molar-refractivity contribution is 0.0996. The number of benzene rings is 4. The Kier molecular flexibility index (Phi) is 3.56. The number of hydrogen-bond donors (Lipinski definition) is 0. The van der Waals surface area contributed by atoms with Crippen LogP contribution in [-0.4, -0.2) is 10.9 Å². The van der Waals surface area contributed by atoms with Gasteiger partial charge in [-0.1, -0.05) is 54.6 Å². The molecule has 0 aliphatic carbocycles. The van der Waals surface area contributed by atoms with Crippen LogP contribution in [0.5, 0.6) is 0 Å². The van der Waals surface area contributed by atoms with Crippen LogP contribution in [0.2, 0.25) is 0 Å². The Morgan fingerprint density at radius 2 is 1.67 bits per heavy atom. The van der Waals surface area contributed by atoms with Crippen molar-refractivity contribution in [2.75, 3.05) is 4.90 Å². The molecule has 0 N–H and O–H groups in total. The van der Waals surface area contributed by atoms with E-state index in [1.807, 2.05) is 72.5 Å². The highest BCUT2D eigenvalue weighted by atomic mass is 16.3. The summed E-state index contributed by atoms with van der Waals surface area (Å²) in [5.74, 6) is 0.625. The van der Waals surface area contributed by atoms with Crippen molar-refractivity contribution in [2.24, 2.45) is 0 Å². The van der Waals surface area contributed by atoms with Crippen LogP contribution in [-0.2, 0) is 6.54 Å². The van der Waals surface area contributed by atoms with Crippen LogP contribution in [0.1, 0.15) is 21.5 Å². The first-order valence-electron chi connectivity index (χ1n) is 9.98. The van der Waals surface area contributed by atoms with Crippen molar-refractivity contribution in [3.8, 4) is 11.5 Å². The van der Waals surface area contributed by atoms with Crippen molar-refractivity contribution >= 4 is 33.5 Å². The molecular formula is C26H18N2O2. The predicted molar refractivity (Wildman–Crippen MR) is 119 cm³/mol. The zero-order valence-corrected chi connectivity index (χ0v) is 16.4. The van der Waals surface area contributed by atoms with Crippen molar-refractivity contribution in [1.29, 1.82) is 0 Å². The topological polar surface area (TPSA) is 46.3 Å². The maximum absolute atomic E-state index is 12.9. The summed E-state index contributed by atoms with van der Waals surface area (Å²) >= 11 is 0. The molecular weight excluding hydrogens is 372 g/mol. The first kappa shape index (κ1) is 17.0. The largest absolute Gasteiger partial charge is 0.436 e. The Bertz CT molecular complexity index is 1460. The van der Waals surface area contributed by atoms with Gasteiger partial charge < -0.3 is 9.32 Å². The molecule has 0 bridgehead atoms. The first-order chi connectivity index (χ1) is 14.7. The van der Waals surface area contributed by atoms with Crippen molar-refractivity contribution < 1.29 is 9.21 Å². The molecule has 0 saturated heterocycles. The molecule has 30 heavy (non-hydrogen) atoms. The molecule has 1 amide bonds. The second kappa shape index (κ2) is 6.29. The first-order valence-corrected chi connectivity index (χ1v) is 9.98. The fourth-order valence-corrected chi connectivity index (χ4v) is 4.33. The summed E-state index contributed by atoms with van der Waals surface area (Å²) in [6, 6.07) is 26.1. The van der Waals surface area contributed by atoms with E-state index in [-0.39, 0.29) is 5.91 Å². The standard InChI is InChI=1S/C26H18N2O2/c1-16-13-19(28-15-18-8-3-5-11-21(18)26(28)29)14-23-24(16)30-25(27-23)22-12-6-9-17-7-2-4-10-20(17)22/h2-14H,15H2,1H3. The number of aryl methyl sites for hydroxylation is 1. The molecule has 5 aromatic rings. The van der Waals surface area contributed by atoms with E-state index in [2.05, 4.69) is 18.2 Å². The molecule has 0 fully saturated rings. The number of carbonyl (C=O) groups excluding carboxylic acids is 1. The molecule has 4 nitrogen and oxygen atoms in total. The molecule has 4 heteroatoms. The number of amides is 1. The van der Waals surface area contributed by atoms with Gasteiger partial charge in [0.1, 0.15) is 5.52 Å². The highest BCUT2D eigenvalue weighted by Crippen LogP contribution is 2.35. The van der Waals surface area contributed by atoms with E-state index >= 15 is 0 Å². The Morgan fingerprint density at radius 1 is 0.900 bits per heavy atom. The lowest BCUT2D eigenvalue weighted by atomic mass is 10.0. The van der Waals surface area contributed by atoms with Crippen LogP contribution in [0.3, 0.4) is 0 Å². The molecule has 0 spiro atoms. The van der Waals surface area contributed by atoms with Crippen molar-refractivity contribution in [3.05, 3.63) is 95.6 Å². The van der Waals surface area contributed by atoms with Gasteiger partial charge in [0.25, 0.3) is 5.91 Å². The molecule has 2 heterocycles. The van der Waals surface area contributed by atoms with Gasteiger partial charge in [-0.2, -0.15) is 0 Å². The molecule has 6 rings (SSSR count). The molecule has 0 radical (unpaired) electrons. The number of rotatable bonds is 2. The van der Waals surface area contributed by atoms with Gasteiger partial charge >= 0.3 is 0 Å². The Hall–Kier alpha value is -3.92. The third kappa shape index (κ3) is 2.47. The summed E-state index contributed by atoms with van der Waals surface area (Å²) in [5.41, 5.74) is 6.12. The average Bonchev–Trinajstić information content (AvgIpc) is 3.35. The average molecular weight is 390 g/mol. The van der Waals surface area contributed by atoms with Crippen molar-refractivity contribution in [3.63, 3.8) is 0 Å². The van der Waals surface area contributed by atoms with Crippen LogP contribution in [0, 0.1) is 6.92 Å². The minimum atomic E-state index is 0.0297. The van der Waals surface area contributed by atoms with Crippen LogP contribution < -0.4 is 4.90 Å². The van der Waals surface area contributed by atoms with Gasteiger partial charge in [0.05, 0.1) is 6.54 Å². The summed E-state index contributed by atoms with van der Waals surface area (Å²) in [7, 11) is 0. The molecule has 144 valence electrons. The van der Waals surface area contributed by atoms with Gasteiger partial charge in [0.15, 0.2) is 5.58 Å². The minimum Gasteiger partial charge on any atom is -0.436 e. The number of carbonyl (C=O) groups is 1. The van der Waals surface area contributed by atoms with E-state index in [0.29, 0.717) is 12.4 Å².